The fourth-order valence-corrected chi connectivity index (χ4v) is 2.28. The highest BCUT2D eigenvalue weighted by atomic mass is 79.9. The van der Waals surface area contributed by atoms with Gasteiger partial charge in [-0.25, -0.2) is 0 Å². The quantitative estimate of drug-likeness (QED) is 0.784. The first-order valence-electron chi connectivity index (χ1n) is 6.51. The van der Waals surface area contributed by atoms with E-state index >= 15 is 0 Å². The molecule has 0 unspecified atom stereocenters. The Bertz CT molecular complexity index is 548. The standard InChI is InChI=1S/C16H18BrNO2/c1-2-9-18(10-11-19)12-15-7-8-16(20-15)13-3-5-14(17)6-4-13/h2-8,19H,1,9-12H2. The van der Waals surface area contributed by atoms with E-state index in [-0.39, 0.29) is 6.61 Å². The summed E-state index contributed by atoms with van der Waals surface area (Å²) in [7, 11) is 0. The molecule has 1 aromatic carbocycles. The summed E-state index contributed by atoms with van der Waals surface area (Å²) in [6.45, 7) is 5.87. The van der Waals surface area contributed by atoms with Gasteiger partial charge in [-0.3, -0.25) is 4.90 Å². The molecule has 4 heteroatoms. The summed E-state index contributed by atoms with van der Waals surface area (Å²) in [6.07, 6.45) is 1.83. The monoisotopic (exact) mass is 335 g/mol. The summed E-state index contributed by atoms with van der Waals surface area (Å²) in [4.78, 5) is 2.08. The largest absolute Gasteiger partial charge is 0.460 e. The first kappa shape index (κ1) is 15.0. The molecular weight excluding hydrogens is 318 g/mol. The first-order valence-corrected chi connectivity index (χ1v) is 7.31. The third-order valence-electron chi connectivity index (χ3n) is 2.97. The summed E-state index contributed by atoms with van der Waals surface area (Å²) < 4.78 is 6.91. The van der Waals surface area contributed by atoms with E-state index in [1.807, 2.05) is 42.5 Å². The van der Waals surface area contributed by atoms with Crippen molar-refractivity contribution in [2.45, 2.75) is 6.54 Å². The Morgan fingerprint density at radius 3 is 2.60 bits per heavy atom. The van der Waals surface area contributed by atoms with E-state index in [9.17, 15) is 0 Å². The molecule has 0 spiro atoms. The minimum Gasteiger partial charge on any atom is -0.460 e. The highest BCUT2D eigenvalue weighted by Crippen LogP contribution is 2.24. The van der Waals surface area contributed by atoms with Gasteiger partial charge >= 0.3 is 0 Å². The maximum atomic E-state index is 9.04. The molecule has 0 amide bonds. The zero-order valence-electron chi connectivity index (χ0n) is 11.3. The molecular formula is C16H18BrNO2. The van der Waals surface area contributed by atoms with E-state index in [1.165, 1.54) is 0 Å². The lowest BCUT2D eigenvalue weighted by Gasteiger charge is -2.17. The van der Waals surface area contributed by atoms with Crippen molar-refractivity contribution in [3.63, 3.8) is 0 Å². The molecule has 0 radical (unpaired) electrons. The fourth-order valence-electron chi connectivity index (χ4n) is 2.01. The number of benzene rings is 1. The second kappa shape index (κ2) is 7.43. The summed E-state index contributed by atoms with van der Waals surface area (Å²) in [6, 6.07) is 12.0. The second-order valence-corrected chi connectivity index (χ2v) is 5.44. The molecule has 0 aliphatic rings. The highest BCUT2D eigenvalue weighted by molar-refractivity contribution is 9.10. The number of hydrogen-bond acceptors (Lipinski definition) is 3. The van der Waals surface area contributed by atoms with E-state index < -0.39 is 0 Å². The van der Waals surface area contributed by atoms with Crippen LogP contribution in [0.4, 0.5) is 0 Å². The fraction of sp³-hybridized carbons (Fsp3) is 0.250. The zero-order chi connectivity index (χ0) is 14.4. The molecule has 2 rings (SSSR count). The van der Waals surface area contributed by atoms with Crippen molar-refractivity contribution >= 4 is 15.9 Å². The Morgan fingerprint density at radius 2 is 1.95 bits per heavy atom. The number of aliphatic hydroxyl groups excluding tert-OH is 1. The van der Waals surface area contributed by atoms with Crippen molar-refractivity contribution < 1.29 is 9.52 Å². The molecule has 106 valence electrons. The van der Waals surface area contributed by atoms with E-state index in [0.29, 0.717) is 13.1 Å². The Labute approximate surface area is 127 Å². The molecule has 0 saturated carbocycles. The Hall–Kier alpha value is -1.36. The van der Waals surface area contributed by atoms with Gasteiger partial charge in [0.1, 0.15) is 11.5 Å². The summed E-state index contributed by atoms with van der Waals surface area (Å²) >= 11 is 3.42. The first-order chi connectivity index (χ1) is 9.72. The van der Waals surface area contributed by atoms with Crippen LogP contribution in [0.3, 0.4) is 0 Å². The lowest BCUT2D eigenvalue weighted by atomic mass is 10.2. The van der Waals surface area contributed by atoms with Gasteiger partial charge in [-0.05, 0) is 24.3 Å². The molecule has 0 saturated heterocycles. The van der Waals surface area contributed by atoms with E-state index in [2.05, 4.69) is 27.4 Å². The average molecular weight is 336 g/mol. The normalized spacial score (nSPS) is 10.9. The maximum absolute atomic E-state index is 9.04. The van der Waals surface area contributed by atoms with Crippen LogP contribution < -0.4 is 0 Å². The van der Waals surface area contributed by atoms with Crippen LogP contribution in [0.2, 0.25) is 0 Å². The molecule has 20 heavy (non-hydrogen) atoms. The third-order valence-corrected chi connectivity index (χ3v) is 3.50. The Balaban J connectivity index is 2.08. The van der Waals surface area contributed by atoms with Gasteiger partial charge < -0.3 is 9.52 Å². The minimum atomic E-state index is 0.133. The van der Waals surface area contributed by atoms with Gasteiger partial charge in [0.05, 0.1) is 13.2 Å². The number of hydrogen-bond donors (Lipinski definition) is 1. The van der Waals surface area contributed by atoms with Crippen molar-refractivity contribution in [3.8, 4) is 11.3 Å². The van der Waals surface area contributed by atoms with Crippen LogP contribution in [0.15, 0.2) is 57.9 Å². The van der Waals surface area contributed by atoms with Crippen LogP contribution in [0, 0.1) is 0 Å². The van der Waals surface area contributed by atoms with Crippen LogP contribution in [-0.2, 0) is 6.54 Å². The Kier molecular flexibility index (Phi) is 5.59. The smallest absolute Gasteiger partial charge is 0.134 e. The van der Waals surface area contributed by atoms with Gasteiger partial charge in [-0.15, -0.1) is 6.58 Å². The van der Waals surface area contributed by atoms with Gasteiger partial charge in [0, 0.05) is 23.1 Å². The van der Waals surface area contributed by atoms with E-state index in [1.54, 1.807) is 0 Å². The van der Waals surface area contributed by atoms with Crippen molar-refractivity contribution in [2.75, 3.05) is 19.7 Å². The van der Waals surface area contributed by atoms with Crippen molar-refractivity contribution in [3.05, 3.63) is 59.3 Å². The predicted molar refractivity (Wildman–Crippen MR) is 84.4 cm³/mol. The molecule has 0 fully saturated rings. The van der Waals surface area contributed by atoms with E-state index in [4.69, 9.17) is 9.52 Å². The van der Waals surface area contributed by atoms with Crippen molar-refractivity contribution in [1.29, 1.82) is 0 Å². The Morgan fingerprint density at radius 1 is 1.20 bits per heavy atom. The van der Waals surface area contributed by atoms with E-state index in [0.717, 1.165) is 28.1 Å². The summed E-state index contributed by atoms with van der Waals surface area (Å²) in [5, 5.41) is 9.04. The van der Waals surface area contributed by atoms with Gasteiger partial charge in [-0.2, -0.15) is 0 Å². The number of halogens is 1. The zero-order valence-corrected chi connectivity index (χ0v) is 12.8. The third kappa shape index (κ3) is 4.07. The summed E-state index contributed by atoms with van der Waals surface area (Å²) in [5.74, 6) is 1.74. The topological polar surface area (TPSA) is 36.6 Å². The molecule has 0 atom stereocenters. The summed E-state index contributed by atoms with van der Waals surface area (Å²) in [5.41, 5.74) is 1.05. The average Bonchev–Trinajstić information content (AvgIpc) is 2.89. The SMILES string of the molecule is C=CCN(CCO)Cc1ccc(-c2ccc(Br)cc2)o1. The number of nitrogens with zero attached hydrogens (tertiary/aromatic N) is 1. The molecule has 1 N–H and O–H groups in total. The number of furan rings is 1. The molecule has 2 aromatic rings. The number of aliphatic hydroxyl groups is 1. The van der Waals surface area contributed by atoms with Crippen LogP contribution >= 0.6 is 15.9 Å². The molecule has 1 heterocycles. The van der Waals surface area contributed by atoms with Gasteiger partial charge in [-0.1, -0.05) is 34.1 Å². The van der Waals surface area contributed by atoms with Crippen LogP contribution in [0.5, 0.6) is 0 Å². The lowest BCUT2D eigenvalue weighted by Crippen LogP contribution is -2.26. The van der Waals surface area contributed by atoms with Crippen LogP contribution in [0.1, 0.15) is 5.76 Å². The second-order valence-electron chi connectivity index (χ2n) is 4.52. The van der Waals surface area contributed by atoms with Crippen molar-refractivity contribution in [1.82, 2.24) is 4.90 Å². The lowest BCUT2D eigenvalue weighted by molar-refractivity contribution is 0.194. The molecule has 0 aliphatic heterocycles. The van der Waals surface area contributed by atoms with Crippen LogP contribution in [0.25, 0.3) is 11.3 Å². The predicted octanol–water partition coefficient (Wildman–Crippen LogP) is 3.69. The van der Waals surface area contributed by atoms with Crippen molar-refractivity contribution in [2.24, 2.45) is 0 Å². The van der Waals surface area contributed by atoms with Gasteiger partial charge in [0.25, 0.3) is 0 Å². The van der Waals surface area contributed by atoms with Gasteiger partial charge in [0.2, 0.25) is 0 Å². The molecule has 1 aromatic heterocycles. The number of rotatable bonds is 7. The maximum Gasteiger partial charge on any atom is 0.134 e. The molecule has 0 bridgehead atoms. The highest BCUT2D eigenvalue weighted by Gasteiger charge is 2.09. The minimum absolute atomic E-state index is 0.133. The molecule has 3 nitrogen and oxygen atoms in total. The van der Waals surface area contributed by atoms with Crippen LogP contribution in [-0.4, -0.2) is 29.7 Å². The molecule has 0 aliphatic carbocycles. The van der Waals surface area contributed by atoms with Gasteiger partial charge in [0.15, 0.2) is 0 Å².